The molecule has 0 aliphatic rings. The highest BCUT2D eigenvalue weighted by Gasteiger charge is 2.26. The highest BCUT2D eigenvalue weighted by molar-refractivity contribution is 7.89. The highest BCUT2D eigenvalue weighted by atomic mass is 32.2. The first-order chi connectivity index (χ1) is 8.84. The fraction of sp³-hybridized carbons (Fsp3) is 0.500. The SMILES string of the molecule is Cc1cc(N)cc(S(=O)(=O)N(CCO)CCO)c1C. The summed E-state index contributed by atoms with van der Waals surface area (Å²) in [5, 5.41) is 17.9. The minimum Gasteiger partial charge on any atom is -0.399 e. The molecule has 0 aliphatic heterocycles. The van der Waals surface area contributed by atoms with E-state index in [1.807, 2.05) is 0 Å². The monoisotopic (exact) mass is 288 g/mol. The van der Waals surface area contributed by atoms with Crippen LogP contribution in [0.4, 0.5) is 5.69 Å². The van der Waals surface area contributed by atoms with E-state index in [1.165, 1.54) is 6.07 Å². The van der Waals surface area contributed by atoms with Crippen molar-refractivity contribution in [1.29, 1.82) is 0 Å². The number of hydrogen-bond donors (Lipinski definition) is 3. The van der Waals surface area contributed by atoms with Gasteiger partial charge in [0.1, 0.15) is 0 Å². The Morgan fingerprint density at radius 1 is 1.16 bits per heavy atom. The van der Waals surface area contributed by atoms with Gasteiger partial charge in [-0.1, -0.05) is 0 Å². The van der Waals surface area contributed by atoms with E-state index in [-0.39, 0.29) is 31.2 Å². The van der Waals surface area contributed by atoms with Crippen LogP contribution >= 0.6 is 0 Å². The maximum Gasteiger partial charge on any atom is 0.243 e. The molecule has 0 amide bonds. The number of anilines is 1. The van der Waals surface area contributed by atoms with Crippen molar-refractivity contribution in [1.82, 2.24) is 4.31 Å². The summed E-state index contributed by atoms with van der Waals surface area (Å²) in [6.07, 6.45) is 0. The van der Waals surface area contributed by atoms with Gasteiger partial charge in [-0.2, -0.15) is 4.31 Å². The van der Waals surface area contributed by atoms with Crippen LogP contribution in [0.1, 0.15) is 11.1 Å². The van der Waals surface area contributed by atoms with Crippen LogP contribution in [0.5, 0.6) is 0 Å². The normalized spacial score (nSPS) is 12.1. The Morgan fingerprint density at radius 3 is 2.16 bits per heavy atom. The third-order valence-electron chi connectivity index (χ3n) is 2.96. The van der Waals surface area contributed by atoms with Gasteiger partial charge in [-0.15, -0.1) is 0 Å². The number of nitrogens with zero attached hydrogens (tertiary/aromatic N) is 1. The molecule has 1 aromatic carbocycles. The van der Waals surface area contributed by atoms with Gasteiger partial charge in [-0.3, -0.25) is 0 Å². The number of aliphatic hydroxyl groups is 2. The zero-order chi connectivity index (χ0) is 14.6. The van der Waals surface area contributed by atoms with Crippen molar-refractivity contribution >= 4 is 15.7 Å². The molecule has 0 heterocycles. The van der Waals surface area contributed by atoms with Gasteiger partial charge in [0.05, 0.1) is 18.1 Å². The van der Waals surface area contributed by atoms with Crippen LogP contribution in [0.3, 0.4) is 0 Å². The van der Waals surface area contributed by atoms with Gasteiger partial charge in [0, 0.05) is 18.8 Å². The fourth-order valence-corrected chi connectivity index (χ4v) is 3.59. The molecule has 0 radical (unpaired) electrons. The number of aryl methyl sites for hydroxylation is 1. The second-order valence-electron chi connectivity index (χ2n) is 4.31. The molecule has 0 unspecified atom stereocenters. The lowest BCUT2D eigenvalue weighted by molar-refractivity contribution is 0.217. The first-order valence-corrected chi connectivity index (χ1v) is 7.37. The van der Waals surface area contributed by atoms with Crippen LogP contribution in [0.15, 0.2) is 17.0 Å². The number of nitrogens with two attached hydrogens (primary N) is 1. The molecule has 0 fully saturated rings. The van der Waals surface area contributed by atoms with Crippen molar-refractivity contribution in [3.05, 3.63) is 23.3 Å². The van der Waals surface area contributed by atoms with Crippen molar-refractivity contribution in [2.45, 2.75) is 18.7 Å². The molecule has 108 valence electrons. The summed E-state index contributed by atoms with van der Waals surface area (Å²) in [7, 11) is -3.77. The second kappa shape index (κ2) is 6.33. The molecule has 7 heteroatoms. The summed E-state index contributed by atoms with van der Waals surface area (Å²) >= 11 is 0. The molecule has 0 saturated heterocycles. The Bertz CT molecular complexity index is 537. The zero-order valence-corrected chi connectivity index (χ0v) is 11.9. The number of nitrogen functional groups attached to an aromatic ring is 1. The maximum atomic E-state index is 12.5. The summed E-state index contributed by atoms with van der Waals surface area (Å²) in [4.78, 5) is 0.118. The van der Waals surface area contributed by atoms with Crippen LogP contribution < -0.4 is 5.73 Å². The third kappa shape index (κ3) is 3.44. The van der Waals surface area contributed by atoms with Crippen LogP contribution in [0.2, 0.25) is 0 Å². The average molecular weight is 288 g/mol. The molecule has 4 N–H and O–H groups in total. The number of rotatable bonds is 6. The van der Waals surface area contributed by atoms with Crippen molar-refractivity contribution in [3.8, 4) is 0 Å². The van der Waals surface area contributed by atoms with Gasteiger partial charge in [-0.05, 0) is 37.1 Å². The molecule has 1 aromatic rings. The lowest BCUT2D eigenvalue weighted by Crippen LogP contribution is -2.36. The van der Waals surface area contributed by atoms with E-state index in [9.17, 15) is 8.42 Å². The number of hydrogen-bond acceptors (Lipinski definition) is 5. The van der Waals surface area contributed by atoms with E-state index in [4.69, 9.17) is 15.9 Å². The first-order valence-electron chi connectivity index (χ1n) is 5.93. The van der Waals surface area contributed by atoms with E-state index in [0.29, 0.717) is 11.3 Å². The van der Waals surface area contributed by atoms with Crippen LogP contribution in [-0.4, -0.2) is 49.2 Å². The molecule has 1 rings (SSSR count). The van der Waals surface area contributed by atoms with E-state index in [0.717, 1.165) is 9.87 Å². The molecule has 6 nitrogen and oxygen atoms in total. The quantitative estimate of drug-likeness (QED) is 0.632. The van der Waals surface area contributed by atoms with Gasteiger partial charge in [0.2, 0.25) is 10.0 Å². The standard InChI is InChI=1S/C12H20N2O4S/c1-9-7-11(13)8-12(10(9)2)19(17,18)14(3-5-15)4-6-16/h7-8,15-16H,3-6,13H2,1-2H3. The summed E-state index contributed by atoms with van der Waals surface area (Å²) < 4.78 is 26.0. The number of benzene rings is 1. The van der Waals surface area contributed by atoms with Crippen molar-refractivity contribution in [2.24, 2.45) is 0 Å². The number of aliphatic hydroxyl groups excluding tert-OH is 2. The molecule has 0 spiro atoms. The Hall–Kier alpha value is -1.15. The number of sulfonamides is 1. The predicted octanol–water partition coefficient (Wildman–Crippen LogP) is -0.139. The summed E-state index contributed by atoms with van der Waals surface area (Å²) in [6.45, 7) is 2.76. The smallest absolute Gasteiger partial charge is 0.243 e. The predicted molar refractivity (Wildman–Crippen MR) is 73.3 cm³/mol. The van der Waals surface area contributed by atoms with Gasteiger partial charge in [0.25, 0.3) is 0 Å². The van der Waals surface area contributed by atoms with E-state index >= 15 is 0 Å². The lowest BCUT2D eigenvalue weighted by Gasteiger charge is -2.22. The van der Waals surface area contributed by atoms with Gasteiger partial charge >= 0.3 is 0 Å². The summed E-state index contributed by atoms with van der Waals surface area (Å²) in [5.41, 5.74) is 7.47. The summed E-state index contributed by atoms with van der Waals surface area (Å²) in [6, 6.07) is 3.11. The Balaban J connectivity index is 3.32. The van der Waals surface area contributed by atoms with Crippen LogP contribution in [0, 0.1) is 13.8 Å². The Kier molecular flexibility index (Phi) is 5.30. The zero-order valence-electron chi connectivity index (χ0n) is 11.1. The molecule has 0 aliphatic carbocycles. The molecular weight excluding hydrogens is 268 g/mol. The Labute approximate surface area is 113 Å². The third-order valence-corrected chi connectivity index (χ3v) is 4.98. The first kappa shape index (κ1) is 15.9. The van der Waals surface area contributed by atoms with E-state index in [2.05, 4.69) is 0 Å². The Morgan fingerprint density at radius 2 is 1.68 bits per heavy atom. The molecular formula is C12H20N2O4S. The minimum atomic E-state index is -3.77. The fourth-order valence-electron chi connectivity index (χ4n) is 1.84. The van der Waals surface area contributed by atoms with E-state index < -0.39 is 10.0 Å². The second-order valence-corrected chi connectivity index (χ2v) is 6.22. The maximum absolute atomic E-state index is 12.5. The van der Waals surface area contributed by atoms with Crippen LogP contribution in [-0.2, 0) is 10.0 Å². The van der Waals surface area contributed by atoms with Gasteiger partial charge < -0.3 is 15.9 Å². The van der Waals surface area contributed by atoms with Gasteiger partial charge in [0.15, 0.2) is 0 Å². The topological polar surface area (TPSA) is 104 Å². The molecule has 0 saturated carbocycles. The van der Waals surface area contributed by atoms with Crippen LogP contribution in [0.25, 0.3) is 0 Å². The van der Waals surface area contributed by atoms with Gasteiger partial charge in [-0.25, -0.2) is 8.42 Å². The average Bonchev–Trinajstić information content (AvgIpc) is 2.33. The highest BCUT2D eigenvalue weighted by Crippen LogP contribution is 2.25. The molecule has 0 aromatic heterocycles. The largest absolute Gasteiger partial charge is 0.399 e. The van der Waals surface area contributed by atoms with Crippen molar-refractivity contribution < 1.29 is 18.6 Å². The molecule has 19 heavy (non-hydrogen) atoms. The summed E-state index contributed by atoms with van der Waals surface area (Å²) in [5.74, 6) is 0. The minimum absolute atomic E-state index is 0.0593. The van der Waals surface area contributed by atoms with Crippen molar-refractivity contribution in [3.63, 3.8) is 0 Å². The lowest BCUT2D eigenvalue weighted by atomic mass is 10.1. The molecule has 0 atom stereocenters. The molecule has 0 bridgehead atoms. The van der Waals surface area contributed by atoms with Crippen molar-refractivity contribution in [2.75, 3.05) is 32.0 Å². The van der Waals surface area contributed by atoms with E-state index in [1.54, 1.807) is 19.9 Å².